The predicted octanol–water partition coefficient (Wildman–Crippen LogP) is 2.48. The van der Waals surface area contributed by atoms with Gasteiger partial charge in [0, 0.05) is 18.2 Å². The van der Waals surface area contributed by atoms with E-state index in [0.717, 1.165) is 6.42 Å². The van der Waals surface area contributed by atoms with Gasteiger partial charge in [-0.2, -0.15) is 5.26 Å². The fraction of sp³-hybridized carbons (Fsp3) is 0.286. The molecule has 2 N–H and O–H groups in total. The van der Waals surface area contributed by atoms with Gasteiger partial charge in [0.1, 0.15) is 0 Å². The molecule has 1 atom stereocenters. The van der Waals surface area contributed by atoms with Gasteiger partial charge in [0.05, 0.1) is 11.6 Å². The van der Waals surface area contributed by atoms with E-state index in [1.807, 2.05) is 13.0 Å². The van der Waals surface area contributed by atoms with Crippen LogP contribution in [0.1, 0.15) is 25.3 Å². The fourth-order valence-electron chi connectivity index (χ4n) is 1.42. The van der Waals surface area contributed by atoms with Crippen LogP contribution in [0.4, 0.5) is 10.5 Å². The molecule has 0 aromatic heterocycles. The molecule has 0 saturated heterocycles. The Morgan fingerprint density at radius 1 is 1.44 bits per heavy atom. The summed E-state index contributed by atoms with van der Waals surface area (Å²) >= 11 is 0. The Balaban J connectivity index is 2.54. The molecule has 2 amide bonds. The molecule has 0 bridgehead atoms. The highest BCUT2D eigenvalue weighted by molar-refractivity contribution is 5.89. The summed E-state index contributed by atoms with van der Waals surface area (Å²) in [5.41, 5.74) is 1.20. The molecule has 0 radical (unpaired) electrons. The Bertz CT molecular complexity index is 479. The maximum absolute atomic E-state index is 11.7. The van der Waals surface area contributed by atoms with Gasteiger partial charge < -0.3 is 10.6 Å². The van der Waals surface area contributed by atoms with E-state index in [2.05, 4.69) is 16.6 Å². The number of nitrogens with zero attached hydrogens (tertiary/aromatic N) is 1. The summed E-state index contributed by atoms with van der Waals surface area (Å²) in [6.45, 7) is 1.96. The number of nitriles is 1. The molecule has 0 fully saturated rings. The Morgan fingerprint density at radius 2 is 2.11 bits per heavy atom. The average Bonchev–Trinajstić information content (AvgIpc) is 2.39. The van der Waals surface area contributed by atoms with Crippen LogP contribution in [0, 0.1) is 23.7 Å². The van der Waals surface area contributed by atoms with E-state index in [1.165, 1.54) is 0 Å². The number of urea groups is 1. The number of benzene rings is 1. The summed E-state index contributed by atoms with van der Waals surface area (Å²) in [6, 6.07) is 8.36. The highest BCUT2D eigenvalue weighted by atomic mass is 16.2. The molecule has 18 heavy (non-hydrogen) atoms. The first kappa shape index (κ1) is 13.6. The summed E-state index contributed by atoms with van der Waals surface area (Å²) in [7, 11) is 0. The molecule has 0 aliphatic rings. The molecule has 0 aliphatic heterocycles. The number of hydrogen-bond acceptors (Lipinski definition) is 2. The summed E-state index contributed by atoms with van der Waals surface area (Å²) in [6.07, 6.45) is 6.51. The normalized spacial score (nSPS) is 10.8. The second-order valence-electron chi connectivity index (χ2n) is 3.80. The highest BCUT2D eigenvalue weighted by Gasteiger charge is 2.08. The van der Waals surface area contributed by atoms with Crippen LogP contribution in [0.25, 0.3) is 0 Å². The van der Waals surface area contributed by atoms with E-state index in [4.69, 9.17) is 11.7 Å². The number of nitrogens with one attached hydrogen (secondary N) is 2. The fourth-order valence-corrected chi connectivity index (χ4v) is 1.42. The highest BCUT2D eigenvalue weighted by Crippen LogP contribution is 2.08. The molecular weight excluding hydrogens is 226 g/mol. The van der Waals surface area contributed by atoms with Crippen molar-refractivity contribution < 1.29 is 4.79 Å². The summed E-state index contributed by atoms with van der Waals surface area (Å²) in [5.74, 6) is 2.52. The van der Waals surface area contributed by atoms with E-state index in [0.29, 0.717) is 17.7 Å². The van der Waals surface area contributed by atoms with Gasteiger partial charge in [-0.15, -0.1) is 12.3 Å². The Hall–Kier alpha value is -2.46. The van der Waals surface area contributed by atoms with Crippen molar-refractivity contribution in [2.24, 2.45) is 0 Å². The van der Waals surface area contributed by atoms with Gasteiger partial charge in [-0.25, -0.2) is 4.79 Å². The third-order valence-electron chi connectivity index (χ3n) is 2.46. The second kappa shape index (κ2) is 6.98. The van der Waals surface area contributed by atoms with Crippen molar-refractivity contribution >= 4 is 11.7 Å². The number of terminal acetylenes is 1. The van der Waals surface area contributed by atoms with Crippen molar-refractivity contribution in [1.29, 1.82) is 5.26 Å². The zero-order valence-corrected chi connectivity index (χ0v) is 10.2. The lowest BCUT2D eigenvalue weighted by Gasteiger charge is -2.14. The largest absolute Gasteiger partial charge is 0.334 e. The van der Waals surface area contributed by atoms with Gasteiger partial charge in [0.25, 0.3) is 0 Å². The minimum absolute atomic E-state index is 0.0200. The van der Waals surface area contributed by atoms with Gasteiger partial charge in [0.15, 0.2) is 0 Å². The SMILES string of the molecule is C#CCC(CC)NC(=O)Nc1ccc(C#N)cc1. The van der Waals surface area contributed by atoms with Crippen LogP contribution in [0.5, 0.6) is 0 Å². The van der Waals surface area contributed by atoms with Crippen LogP contribution in [0.15, 0.2) is 24.3 Å². The van der Waals surface area contributed by atoms with Crippen LogP contribution in [-0.2, 0) is 0 Å². The maximum Gasteiger partial charge on any atom is 0.319 e. The van der Waals surface area contributed by atoms with E-state index in [-0.39, 0.29) is 12.1 Å². The zero-order chi connectivity index (χ0) is 13.4. The molecular formula is C14H15N3O. The molecule has 0 spiro atoms. The van der Waals surface area contributed by atoms with Gasteiger partial charge in [-0.1, -0.05) is 6.92 Å². The monoisotopic (exact) mass is 241 g/mol. The molecule has 0 saturated carbocycles. The first-order chi connectivity index (χ1) is 8.69. The Kier molecular flexibility index (Phi) is 5.28. The lowest BCUT2D eigenvalue weighted by molar-refractivity contribution is 0.248. The molecule has 1 aromatic rings. The Morgan fingerprint density at radius 3 is 2.61 bits per heavy atom. The molecule has 1 unspecified atom stereocenters. The van der Waals surface area contributed by atoms with E-state index >= 15 is 0 Å². The van der Waals surface area contributed by atoms with E-state index in [1.54, 1.807) is 24.3 Å². The number of carbonyl (C=O) groups is 1. The van der Waals surface area contributed by atoms with Crippen LogP contribution in [0.2, 0.25) is 0 Å². The first-order valence-electron chi connectivity index (χ1n) is 5.70. The lowest BCUT2D eigenvalue weighted by atomic mass is 10.1. The number of anilines is 1. The van der Waals surface area contributed by atoms with Crippen LogP contribution in [0.3, 0.4) is 0 Å². The maximum atomic E-state index is 11.7. The van der Waals surface area contributed by atoms with E-state index in [9.17, 15) is 4.79 Å². The lowest BCUT2D eigenvalue weighted by Crippen LogP contribution is -2.37. The molecule has 1 rings (SSSR count). The average molecular weight is 241 g/mol. The third-order valence-corrected chi connectivity index (χ3v) is 2.46. The van der Waals surface area contributed by atoms with Crippen molar-refractivity contribution in [3.8, 4) is 18.4 Å². The summed E-state index contributed by atoms with van der Waals surface area (Å²) in [5, 5.41) is 14.1. The van der Waals surface area contributed by atoms with Crippen molar-refractivity contribution in [1.82, 2.24) is 5.32 Å². The minimum Gasteiger partial charge on any atom is -0.334 e. The van der Waals surface area contributed by atoms with Gasteiger partial charge in [-0.3, -0.25) is 0 Å². The van der Waals surface area contributed by atoms with Gasteiger partial charge >= 0.3 is 6.03 Å². The number of rotatable bonds is 4. The van der Waals surface area contributed by atoms with Crippen molar-refractivity contribution in [2.75, 3.05) is 5.32 Å². The van der Waals surface area contributed by atoms with Crippen molar-refractivity contribution in [3.05, 3.63) is 29.8 Å². The quantitative estimate of drug-likeness (QED) is 0.795. The van der Waals surface area contributed by atoms with Gasteiger partial charge in [0.2, 0.25) is 0 Å². The van der Waals surface area contributed by atoms with Crippen molar-refractivity contribution in [3.63, 3.8) is 0 Å². The first-order valence-corrected chi connectivity index (χ1v) is 5.70. The third kappa shape index (κ3) is 4.19. The van der Waals surface area contributed by atoms with Gasteiger partial charge in [-0.05, 0) is 30.7 Å². The smallest absolute Gasteiger partial charge is 0.319 e. The molecule has 4 nitrogen and oxygen atoms in total. The molecule has 4 heteroatoms. The van der Waals surface area contributed by atoms with Crippen LogP contribution in [-0.4, -0.2) is 12.1 Å². The zero-order valence-electron chi connectivity index (χ0n) is 10.2. The molecule has 0 heterocycles. The summed E-state index contributed by atoms with van der Waals surface area (Å²) < 4.78 is 0. The molecule has 92 valence electrons. The summed E-state index contributed by atoms with van der Waals surface area (Å²) in [4.78, 5) is 11.7. The second-order valence-corrected chi connectivity index (χ2v) is 3.80. The molecule has 0 aliphatic carbocycles. The predicted molar refractivity (Wildman–Crippen MR) is 70.8 cm³/mol. The standard InChI is InChI=1S/C14H15N3O/c1-3-5-12(4-2)16-14(18)17-13-8-6-11(10-15)7-9-13/h1,6-9,12H,4-5H2,2H3,(H2,16,17,18). The number of amides is 2. The minimum atomic E-state index is -0.290. The topological polar surface area (TPSA) is 64.9 Å². The molecule has 1 aromatic carbocycles. The van der Waals surface area contributed by atoms with Crippen LogP contribution >= 0.6 is 0 Å². The van der Waals surface area contributed by atoms with Crippen LogP contribution < -0.4 is 10.6 Å². The van der Waals surface area contributed by atoms with Crippen molar-refractivity contribution in [2.45, 2.75) is 25.8 Å². The van der Waals surface area contributed by atoms with E-state index < -0.39 is 0 Å². The Labute approximate surface area is 107 Å². The number of hydrogen-bond donors (Lipinski definition) is 2. The number of carbonyl (C=O) groups excluding carboxylic acids is 1.